The molecule has 33 heavy (non-hydrogen) atoms. The van der Waals surface area contributed by atoms with Crippen molar-refractivity contribution < 1.29 is 29.0 Å². The van der Waals surface area contributed by atoms with Gasteiger partial charge in [0.15, 0.2) is 0 Å². The van der Waals surface area contributed by atoms with Gasteiger partial charge < -0.3 is 25.8 Å². The highest BCUT2D eigenvalue weighted by Gasteiger charge is 2.31. The van der Waals surface area contributed by atoms with Gasteiger partial charge in [0.25, 0.3) is 0 Å². The fourth-order valence-electron chi connectivity index (χ4n) is 3.93. The van der Waals surface area contributed by atoms with Gasteiger partial charge >= 0.3 is 12.1 Å². The van der Waals surface area contributed by atoms with Crippen molar-refractivity contribution in [2.45, 2.75) is 98.3 Å². The number of hydrogen-bond donors (Lipinski definition) is 4. The third-order valence-corrected chi connectivity index (χ3v) is 5.73. The molecule has 3 amide bonds. The summed E-state index contributed by atoms with van der Waals surface area (Å²) in [6.07, 6.45) is 2.73. The summed E-state index contributed by atoms with van der Waals surface area (Å²) >= 11 is 0. The van der Waals surface area contributed by atoms with Crippen LogP contribution in [0, 0.1) is 23.7 Å². The SMILES string of the molecule is CC(C)C[C@@H](NC(=O)OC(C)(C)C)C(=O)NCC1CCC(C(=O)N[C@@H](C(=O)O)C(C)C)CC1. The van der Waals surface area contributed by atoms with Crippen molar-refractivity contribution in [2.75, 3.05) is 6.54 Å². The molecule has 0 aromatic carbocycles. The molecule has 0 aromatic heterocycles. The van der Waals surface area contributed by atoms with E-state index in [2.05, 4.69) is 16.0 Å². The van der Waals surface area contributed by atoms with Gasteiger partial charge in [0, 0.05) is 12.5 Å². The first-order chi connectivity index (χ1) is 15.2. The standard InChI is InChI=1S/C24H43N3O6/c1-14(2)12-18(26-23(32)33-24(5,6)7)21(29)25-13-16-8-10-17(11-9-16)20(28)27-19(15(3)4)22(30)31/h14-19H,8-13H2,1-7H3,(H,25,29)(H,26,32)(H,27,28)(H,30,31)/t16?,17?,18-,19-/m1/s1. The average Bonchev–Trinajstić information content (AvgIpc) is 2.67. The lowest BCUT2D eigenvalue weighted by molar-refractivity contribution is -0.144. The first-order valence-corrected chi connectivity index (χ1v) is 12.0. The maximum absolute atomic E-state index is 12.7. The number of alkyl carbamates (subject to hydrolysis) is 1. The van der Waals surface area contributed by atoms with Crippen molar-refractivity contribution in [3.8, 4) is 0 Å². The zero-order valence-corrected chi connectivity index (χ0v) is 21.2. The van der Waals surface area contributed by atoms with Crippen LogP contribution in [0.2, 0.25) is 0 Å². The van der Waals surface area contributed by atoms with E-state index >= 15 is 0 Å². The highest BCUT2D eigenvalue weighted by Crippen LogP contribution is 2.29. The summed E-state index contributed by atoms with van der Waals surface area (Å²) in [6, 6.07) is -1.56. The molecule has 1 aliphatic carbocycles. The van der Waals surface area contributed by atoms with Gasteiger partial charge in [-0.2, -0.15) is 0 Å². The molecule has 0 heterocycles. The normalized spacial score (nSPS) is 20.6. The van der Waals surface area contributed by atoms with Gasteiger partial charge in [0.1, 0.15) is 17.7 Å². The fraction of sp³-hybridized carbons (Fsp3) is 0.833. The molecule has 0 radical (unpaired) electrons. The van der Waals surface area contributed by atoms with E-state index in [1.807, 2.05) is 13.8 Å². The predicted molar refractivity (Wildman–Crippen MR) is 125 cm³/mol. The third-order valence-electron chi connectivity index (χ3n) is 5.73. The highest BCUT2D eigenvalue weighted by atomic mass is 16.6. The maximum Gasteiger partial charge on any atom is 0.408 e. The Hall–Kier alpha value is -2.32. The Labute approximate surface area is 197 Å². The minimum Gasteiger partial charge on any atom is -0.480 e. The minimum atomic E-state index is -1.02. The van der Waals surface area contributed by atoms with Crippen LogP contribution in [0.3, 0.4) is 0 Å². The number of hydrogen-bond acceptors (Lipinski definition) is 5. The second-order valence-electron chi connectivity index (χ2n) is 10.9. The van der Waals surface area contributed by atoms with Crippen LogP contribution >= 0.6 is 0 Å². The Kier molecular flexibility index (Phi) is 11.1. The van der Waals surface area contributed by atoms with Crippen molar-refractivity contribution >= 4 is 23.9 Å². The number of carboxylic acid groups (broad SMARTS) is 1. The van der Waals surface area contributed by atoms with Crippen molar-refractivity contribution in [1.29, 1.82) is 0 Å². The smallest absolute Gasteiger partial charge is 0.408 e. The van der Waals surface area contributed by atoms with Gasteiger partial charge in [-0.1, -0.05) is 27.7 Å². The summed E-state index contributed by atoms with van der Waals surface area (Å²) in [6.45, 7) is 13.3. The highest BCUT2D eigenvalue weighted by molar-refractivity contribution is 5.86. The van der Waals surface area contributed by atoms with Crippen LogP contribution in [-0.2, 0) is 19.1 Å². The second-order valence-corrected chi connectivity index (χ2v) is 10.9. The van der Waals surface area contributed by atoms with Gasteiger partial charge in [-0.3, -0.25) is 9.59 Å². The van der Waals surface area contributed by atoms with Crippen LogP contribution in [0.1, 0.15) is 80.6 Å². The Morgan fingerprint density at radius 3 is 2.00 bits per heavy atom. The van der Waals surface area contributed by atoms with E-state index in [1.165, 1.54) is 0 Å². The number of carbonyl (C=O) groups is 4. The molecule has 0 saturated heterocycles. The number of aliphatic carboxylic acids is 1. The molecule has 1 aliphatic rings. The van der Waals surface area contributed by atoms with Gasteiger partial charge in [0.2, 0.25) is 11.8 Å². The molecule has 1 rings (SSSR count). The van der Waals surface area contributed by atoms with E-state index in [0.717, 1.165) is 12.8 Å². The van der Waals surface area contributed by atoms with Crippen molar-refractivity contribution in [1.82, 2.24) is 16.0 Å². The molecular weight excluding hydrogens is 426 g/mol. The van der Waals surface area contributed by atoms with E-state index in [-0.39, 0.29) is 35.5 Å². The molecule has 190 valence electrons. The Balaban J connectivity index is 2.53. The lowest BCUT2D eigenvalue weighted by Gasteiger charge is -2.30. The molecule has 1 saturated carbocycles. The summed E-state index contributed by atoms with van der Waals surface area (Å²) in [4.78, 5) is 48.7. The molecular formula is C24H43N3O6. The van der Waals surface area contributed by atoms with Crippen LogP contribution in [0.5, 0.6) is 0 Å². The first kappa shape index (κ1) is 28.7. The number of amides is 3. The molecule has 0 unspecified atom stereocenters. The molecule has 0 aliphatic heterocycles. The van der Waals surface area contributed by atoms with Gasteiger partial charge in [-0.15, -0.1) is 0 Å². The van der Waals surface area contributed by atoms with Crippen LogP contribution in [0.15, 0.2) is 0 Å². The number of carboxylic acids is 1. The van der Waals surface area contributed by atoms with Gasteiger partial charge in [-0.25, -0.2) is 9.59 Å². The summed E-state index contributed by atoms with van der Waals surface area (Å²) in [5, 5.41) is 17.6. The second kappa shape index (κ2) is 12.8. The van der Waals surface area contributed by atoms with Crippen LogP contribution in [-0.4, -0.2) is 53.2 Å². The van der Waals surface area contributed by atoms with Crippen LogP contribution in [0.25, 0.3) is 0 Å². The largest absolute Gasteiger partial charge is 0.480 e. The molecule has 0 spiro atoms. The third kappa shape index (κ3) is 10.9. The summed E-state index contributed by atoms with van der Waals surface area (Å²) in [5.74, 6) is -1.42. The number of ether oxygens (including phenoxy) is 1. The first-order valence-electron chi connectivity index (χ1n) is 12.0. The maximum atomic E-state index is 12.7. The number of rotatable bonds is 10. The Bertz CT molecular complexity index is 678. The van der Waals surface area contributed by atoms with E-state index in [1.54, 1.807) is 34.6 Å². The lowest BCUT2D eigenvalue weighted by atomic mass is 9.81. The van der Waals surface area contributed by atoms with E-state index in [9.17, 15) is 24.3 Å². The molecule has 9 nitrogen and oxygen atoms in total. The van der Waals surface area contributed by atoms with Crippen LogP contribution in [0.4, 0.5) is 4.79 Å². The lowest BCUT2D eigenvalue weighted by Crippen LogP contribution is -2.50. The topological polar surface area (TPSA) is 134 Å². The summed E-state index contributed by atoms with van der Waals surface area (Å²) < 4.78 is 5.28. The molecule has 0 bridgehead atoms. The summed E-state index contributed by atoms with van der Waals surface area (Å²) in [7, 11) is 0. The molecule has 4 N–H and O–H groups in total. The summed E-state index contributed by atoms with van der Waals surface area (Å²) in [5.41, 5.74) is -0.645. The molecule has 2 atom stereocenters. The minimum absolute atomic E-state index is 0.189. The predicted octanol–water partition coefficient (Wildman–Crippen LogP) is 3.07. The Morgan fingerprint density at radius 2 is 1.55 bits per heavy atom. The molecule has 0 aromatic rings. The zero-order chi connectivity index (χ0) is 25.3. The van der Waals surface area contributed by atoms with E-state index in [0.29, 0.717) is 25.8 Å². The number of carbonyl (C=O) groups excluding carboxylic acids is 3. The Morgan fingerprint density at radius 1 is 0.970 bits per heavy atom. The fourth-order valence-corrected chi connectivity index (χ4v) is 3.93. The number of nitrogens with one attached hydrogen (secondary N) is 3. The van der Waals surface area contributed by atoms with Crippen molar-refractivity contribution in [3.63, 3.8) is 0 Å². The molecule has 1 fully saturated rings. The monoisotopic (exact) mass is 469 g/mol. The molecule has 9 heteroatoms. The quantitative estimate of drug-likeness (QED) is 0.388. The zero-order valence-electron chi connectivity index (χ0n) is 21.2. The van der Waals surface area contributed by atoms with Gasteiger partial charge in [-0.05, 0) is 70.6 Å². The van der Waals surface area contributed by atoms with Crippen LogP contribution < -0.4 is 16.0 Å². The van der Waals surface area contributed by atoms with Gasteiger partial charge in [0.05, 0.1) is 0 Å². The van der Waals surface area contributed by atoms with Crippen molar-refractivity contribution in [3.05, 3.63) is 0 Å². The average molecular weight is 470 g/mol. The van der Waals surface area contributed by atoms with E-state index in [4.69, 9.17) is 4.74 Å². The van der Waals surface area contributed by atoms with E-state index < -0.39 is 29.7 Å². The van der Waals surface area contributed by atoms with Crippen molar-refractivity contribution in [2.24, 2.45) is 23.7 Å².